The number of halogens is 2. The van der Waals surface area contributed by atoms with Crippen molar-refractivity contribution >= 4 is 23.2 Å². The smallest absolute Gasteiger partial charge is 0.0759 e. The fourth-order valence-electron chi connectivity index (χ4n) is 1.60. The summed E-state index contributed by atoms with van der Waals surface area (Å²) in [5.41, 5.74) is 2.31. The standard InChI is InChI=1S/C13H8Cl2N2/c14-11-5-1-4-10(12(11)15)13-9(6-7-16)3-2-8-17-13/h1-5,8H,6H2. The number of hydrogen-bond acceptors (Lipinski definition) is 2. The zero-order chi connectivity index (χ0) is 12.3. The third kappa shape index (κ3) is 2.41. The zero-order valence-corrected chi connectivity index (χ0v) is 10.3. The summed E-state index contributed by atoms with van der Waals surface area (Å²) < 4.78 is 0. The summed E-state index contributed by atoms with van der Waals surface area (Å²) in [6.07, 6.45) is 1.97. The second kappa shape index (κ2) is 5.18. The fourth-order valence-corrected chi connectivity index (χ4v) is 1.99. The lowest BCUT2D eigenvalue weighted by Crippen LogP contribution is -1.92. The first-order valence-electron chi connectivity index (χ1n) is 4.99. The van der Waals surface area contributed by atoms with E-state index in [2.05, 4.69) is 11.1 Å². The predicted octanol–water partition coefficient (Wildman–Crippen LogP) is 4.12. The van der Waals surface area contributed by atoms with E-state index in [-0.39, 0.29) is 0 Å². The molecule has 0 bridgehead atoms. The Balaban J connectivity index is 2.61. The normalized spacial score (nSPS) is 9.94. The average molecular weight is 263 g/mol. The molecule has 0 fully saturated rings. The maximum atomic E-state index is 8.78. The first-order chi connectivity index (χ1) is 8.24. The van der Waals surface area contributed by atoms with Gasteiger partial charge in [0.1, 0.15) is 0 Å². The molecule has 0 spiro atoms. The Morgan fingerprint density at radius 2 is 2.00 bits per heavy atom. The fraction of sp³-hybridized carbons (Fsp3) is 0.0769. The van der Waals surface area contributed by atoms with E-state index in [0.29, 0.717) is 22.2 Å². The van der Waals surface area contributed by atoms with Crippen LogP contribution in [0, 0.1) is 11.3 Å². The minimum Gasteiger partial charge on any atom is -0.256 e. The summed E-state index contributed by atoms with van der Waals surface area (Å²) in [5.74, 6) is 0. The molecule has 2 rings (SSSR count). The van der Waals surface area contributed by atoms with Crippen LogP contribution in [0.1, 0.15) is 5.56 Å². The molecule has 2 aromatic rings. The molecule has 1 heterocycles. The Kier molecular flexibility index (Phi) is 3.63. The number of nitriles is 1. The first kappa shape index (κ1) is 11.9. The minimum atomic E-state index is 0.298. The van der Waals surface area contributed by atoms with E-state index in [1.165, 1.54) is 0 Å². The van der Waals surface area contributed by atoms with Gasteiger partial charge in [-0.2, -0.15) is 5.26 Å². The molecule has 1 aromatic heterocycles. The van der Waals surface area contributed by atoms with Crippen LogP contribution in [0.25, 0.3) is 11.3 Å². The molecule has 17 heavy (non-hydrogen) atoms. The number of hydrogen-bond donors (Lipinski definition) is 0. The molecule has 4 heteroatoms. The summed E-state index contributed by atoms with van der Waals surface area (Å²) in [6, 6.07) is 11.2. The Morgan fingerprint density at radius 3 is 2.76 bits per heavy atom. The van der Waals surface area contributed by atoms with Crippen LogP contribution in [-0.4, -0.2) is 4.98 Å². The van der Waals surface area contributed by atoms with Crippen LogP contribution in [0.5, 0.6) is 0 Å². The molecular weight excluding hydrogens is 255 g/mol. The largest absolute Gasteiger partial charge is 0.256 e. The lowest BCUT2D eigenvalue weighted by molar-refractivity contribution is 1.20. The third-order valence-electron chi connectivity index (χ3n) is 2.37. The number of nitrogens with zero attached hydrogens (tertiary/aromatic N) is 2. The van der Waals surface area contributed by atoms with Gasteiger partial charge in [0, 0.05) is 11.8 Å². The zero-order valence-electron chi connectivity index (χ0n) is 8.82. The monoisotopic (exact) mass is 262 g/mol. The van der Waals surface area contributed by atoms with E-state index < -0.39 is 0 Å². The van der Waals surface area contributed by atoms with Gasteiger partial charge >= 0.3 is 0 Å². The molecule has 84 valence electrons. The molecule has 0 aliphatic carbocycles. The van der Waals surface area contributed by atoms with Crippen LogP contribution in [0.15, 0.2) is 36.5 Å². The van der Waals surface area contributed by atoms with Gasteiger partial charge in [-0.15, -0.1) is 0 Å². The Bertz CT molecular complexity index is 588. The Hall–Kier alpha value is -1.56. The van der Waals surface area contributed by atoms with E-state index in [0.717, 1.165) is 11.1 Å². The maximum absolute atomic E-state index is 8.78. The Morgan fingerprint density at radius 1 is 1.18 bits per heavy atom. The summed E-state index contributed by atoms with van der Waals surface area (Å²) in [4.78, 5) is 4.28. The molecule has 0 N–H and O–H groups in total. The van der Waals surface area contributed by atoms with Crippen molar-refractivity contribution in [1.29, 1.82) is 5.26 Å². The van der Waals surface area contributed by atoms with Gasteiger partial charge in [-0.3, -0.25) is 4.98 Å². The van der Waals surface area contributed by atoms with Gasteiger partial charge in [0.05, 0.1) is 28.2 Å². The molecule has 0 aliphatic rings. The summed E-state index contributed by atoms with van der Waals surface area (Å²) >= 11 is 12.1. The van der Waals surface area contributed by atoms with Crippen molar-refractivity contribution in [2.24, 2.45) is 0 Å². The van der Waals surface area contributed by atoms with E-state index >= 15 is 0 Å². The predicted molar refractivity (Wildman–Crippen MR) is 69.0 cm³/mol. The molecule has 0 amide bonds. The van der Waals surface area contributed by atoms with Gasteiger partial charge in [0.2, 0.25) is 0 Å². The van der Waals surface area contributed by atoms with Crippen molar-refractivity contribution < 1.29 is 0 Å². The van der Waals surface area contributed by atoms with Crippen LogP contribution in [0.3, 0.4) is 0 Å². The molecule has 0 aliphatic heterocycles. The number of pyridine rings is 1. The third-order valence-corrected chi connectivity index (χ3v) is 3.19. The lowest BCUT2D eigenvalue weighted by Gasteiger charge is -2.08. The topological polar surface area (TPSA) is 36.7 Å². The highest BCUT2D eigenvalue weighted by Gasteiger charge is 2.11. The second-order valence-electron chi connectivity index (χ2n) is 3.45. The van der Waals surface area contributed by atoms with E-state index in [1.54, 1.807) is 18.3 Å². The van der Waals surface area contributed by atoms with Gasteiger partial charge in [-0.05, 0) is 17.7 Å². The van der Waals surface area contributed by atoms with Crippen LogP contribution in [0.4, 0.5) is 0 Å². The van der Waals surface area contributed by atoms with Gasteiger partial charge in [0.15, 0.2) is 0 Å². The highest BCUT2D eigenvalue weighted by atomic mass is 35.5. The van der Waals surface area contributed by atoms with E-state index in [9.17, 15) is 0 Å². The SMILES string of the molecule is N#CCc1cccnc1-c1cccc(Cl)c1Cl. The molecular formula is C13H8Cl2N2. The van der Waals surface area contributed by atoms with Crippen molar-refractivity contribution in [1.82, 2.24) is 4.98 Å². The molecule has 0 atom stereocenters. The number of rotatable bonds is 2. The number of benzene rings is 1. The van der Waals surface area contributed by atoms with Gasteiger partial charge in [0.25, 0.3) is 0 Å². The maximum Gasteiger partial charge on any atom is 0.0759 e. The van der Waals surface area contributed by atoms with Crippen LogP contribution in [0.2, 0.25) is 10.0 Å². The van der Waals surface area contributed by atoms with Crippen LogP contribution < -0.4 is 0 Å². The van der Waals surface area contributed by atoms with Crippen molar-refractivity contribution in [3.63, 3.8) is 0 Å². The summed E-state index contributed by atoms with van der Waals surface area (Å²) in [5, 5.41) is 9.73. The quantitative estimate of drug-likeness (QED) is 0.817. The molecule has 0 saturated heterocycles. The van der Waals surface area contributed by atoms with Crippen LogP contribution >= 0.6 is 23.2 Å². The Labute approximate surface area is 109 Å². The lowest BCUT2D eigenvalue weighted by atomic mass is 10.0. The molecule has 2 nitrogen and oxygen atoms in total. The van der Waals surface area contributed by atoms with Gasteiger partial charge < -0.3 is 0 Å². The summed E-state index contributed by atoms with van der Waals surface area (Å²) in [7, 11) is 0. The van der Waals surface area contributed by atoms with Crippen molar-refractivity contribution in [2.45, 2.75) is 6.42 Å². The highest BCUT2D eigenvalue weighted by Crippen LogP contribution is 2.33. The molecule has 0 unspecified atom stereocenters. The number of aromatic nitrogens is 1. The van der Waals surface area contributed by atoms with Crippen molar-refractivity contribution in [3.8, 4) is 17.3 Å². The van der Waals surface area contributed by atoms with Gasteiger partial charge in [-0.1, -0.05) is 41.4 Å². The van der Waals surface area contributed by atoms with E-state index in [1.807, 2.05) is 18.2 Å². The van der Waals surface area contributed by atoms with Crippen molar-refractivity contribution in [3.05, 3.63) is 52.1 Å². The van der Waals surface area contributed by atoms with Gasteiger partial charge in [-0.25, -0.2) is 0 Å². The highest BCUT2D eigenvalue weighted by molar-refractivity contribution is 6.43. The average Bonchev–Trinajstić information content (AvgIpc) is 2.34. The van der Waals surface area contributed by atoms with Crippen LogP contribution in [-0.2, 0) is 6.42 Å². The molecule has 1 aromatic carbocycles. The van der Waals surface area contributed by atoms with Crippen molar-refractivity contribution in [2.75, 3.05) is 0 Å². The summed E-state index contributed by atoms with van der Waals surface area (Å²) in [6.45, 7) is 0. The first-order valence-corrected chi connectivity index (χ1v) is 5.75. The molecule has 0 radical (unpaired) electrons. The second-order valence-corrected chi connectivity index (χ2v) is 4.23. The minimum absolute atomic E-state index is 0.298. The van der Waals surface area contributed by atoms with E-state index in [4.69, 9.17) is 28.5 Å². The molecule has 0 saturated carbocycles.